The van der Waals surface area contributed by atoms with Crippen LogP contribution in [-0.2, 0) is 11.3 Å². The Labute approximate surface area is 116 Å². The molecule has 0 saturated heterocycles. The zero-order valence-electron chi connectivity index (χ0n) is 11.9. The van der Waals surface area contributed by atoms with Gasteiger partial charge in [-0.15, -0.1) is 0 Å². The third-order valence-electron chi connectivity index (χ3n) is 3.06. The Morgan fingerprint density at radius 3 is 2.63 bits per heavy atom. The van der Waals surface area contributed by atoms with E-state index in [1.165, 1.54) is 25.7 Å². The molecule has 1 aromatic carbocycles. The molecule has 0 aromatic heterocycles. The van der Waals surface area contributed by atoms with E-state index in [0.29, 0.717) is 12.2 Å². The van der Waals surface area contributed by atoms with Crippen LogP contribution in [0.1, 0.15) is 50.2 Å². The van der Waals surface area contributed by atoms with E-state index < -0.39 is 0 Å². The molecule has 0 aliphatic carbocycles. The number of methoxy groups -OCH3 is 1. The normalized spacial score (nSPS) is 10.2. The van der Waals surface area contributed by atoms with Gasteiger partial charge in [-0.1, -0.05) is 32.6 Å². The molecular formula is C16H23NO2. The summed E-state index contributed by atoms with van der Waals surface area (Å²) in [6.45, 7) is 3.49. The molecule has 19 heavy (non-hydrogen) atoms. The fourth-order valence-corrected chi connectivity index (χ4v) is 1.95. The number of rotatable bonds is 9. The van der Waals surface area contributed by atoms with Crippen molar-refractivity contribution in [2.45, 2.75) is 45.6 Å². The van der Waals surface area contributed by atoms with Crippen molar-refractivity contribution in [3.63, 3.8) is 0 Å². The van der Waals surface area contributed by atoms with Gasteiger partial charge in [0.15, 0.2) is 0 Å². The summed E-state index contributed by atoms with van der Waals surface area (Å²) in [6, 6.07) is 7.54. The molecule has 0 aliphatic heterocycles. The SMILES string of the molecule is CCCCCCCOCc1cc(C#N)ccc1OC. The molecule has 0 heterocycles. The predicted octanol–water partition coefficient (Wildman–Crippen LogP) is 4.05. The molecule has 3 heteroatoms. The van der Waals surface area contributed by atoms with E-state index in [9.17, 15) is 0 Å². The fraction of sp³-hybridized carbons (Fsp3) is 0.562. The highest BCUT2D eigenvalue weighted by Gasteiger charge is 2.04. The minimum atomic E-state index is 0.506. The largest absolute Gasteiger partial charge is 0.496 e. The van der Waals surface area contributed by atoms with Crippen molar-refractivity contribution in [2.75, 3.05) is 13.7 Å². The first-order chi connectivity index (χ1) is 9.31. The Bertz CT molecular complexity index is 410. The van der Waals surface area contributed by atoms with Crippen molar-refractivity contribution in [3.05, 3.63) is 29.3 Å². The summed E-state index contributed by atoms with van der Waals surface area (Å²) in [5.74, 6) is 0.782. The zero-order valence-corrected chi connectivity index (χ0v) is 11.9. The topological polar surface area (TPSA) is 42.2 Å². The first-order valence-electron chi connectivity index (χ1n) is 6.96. The molecule has 0 aliphatic rings. The molecule has 0 N–H and O–H groups in total. The molecule has 1 aromatic rings. The van der Waals surface area contributed by atoms with Gasteiger partial charge in [0.05, 0.1) is 25.3 Å². The molecule has 0 spiro atoms. The van der Waals surface area contributed by atoms with Gasteiger partial charge in [-0.25, -0.2) is 0 Å². The molecule has 104 valence electrons. The zero-order chi connectivity index (χ0) is 13.9. The standard InChI is InChI=1S/C16H23NO2/c1-3-4-5-6-7-10-19-13-15-11-14(12-17)8-9-16(15)18-2/h8-9,11H,3-7,10,13H2,1-2H3. The van der Waals surface area contributed by atoms with Crippen LogP contribution in [0.4, 0.5) is 0 Å². The molecule has 0 unspecified atom stereocenters. The highest BCUT2D eigenvalue weighted by atomic mass is 16.5. The molecular weight excluding hydrogens is 238 g/mol. The van der Waals surface area contributed by atoms with Crippen molar-refractivity contribution >= 4 is 0 Å². The molecule has 0 saturated carbocycles. The van der Waals surface area contributed by atoms with Crippen molar-refractivity contribution in [1.82, 2.24) is 0 Å². The monoisotopic (exact) mass is 261 g/mol. The van der Waals surface area contributed by atoms with Gasteiger partial charge < -0.3 is 9.47 Å². The van der Waals surface area contributed by atoms with Gasteiger partial charge in [-0.05, 0) is 24.6 Å². The molecule has 1 rings (SSSR count). The second-order valence-electron chi connectivity index (χ2n) is 4.61. The van der Waals surface area contributed by atoms with Crippen LogP contribution in [0.15, 0.2) is 18.2 Å². The quantitative estimate of drug-likeness (QED) is 0.630. The van der Waals surface area contributed by atoms with Crippen LogP contribution in [0, 0.1) is 11.3 Å². The van der Waals surface area contributed by atoms with Crippen LogP contribution in [0.5, 0.6) is 5.75 Å². The van der Waals surface area contributed by atoms with Crippen molar-refractivity contribution in [3.8, 4) is 11.8 Å². The number of unbranched alkanes of at least 4 members (excludes halogenated alkanes) is 4. The van der Waals surface area contributed by atoms with Crippen LogP contribution < -0.4 is 4.74 Å². The van der Waals surface area contributed by atoms with E-state index in [4.69, 9.17) is 14.7 Å². The molecule has 3 nitrogen and oxygen atoms in total. The average molecular weight is 261 g/mol. The minimum absolute atomic E-state index is 0.506. The summed E-state index contributed by atoms with van der Waals surface area (Å²) in [7, 11) is 1.63. The smallest absolute Gasteiger partial charge is 0.124 e. The van der Waals surface area contributed by atoms with Gasteiger partial charge >= 0.3 is 0 Å². The number of hydrogen-bond donors (Lipinski definition) is 0. The van der Waals surface area contributed by atoms with Crippen LogP contribution >= 0.6 is 0 Å². The summed E-state index contributed by atoms with van der Waals surface area (Å²) in [6.07, 6.45) is 6.17. The van der Waals surface area contributed by atoms with Gasteiger partial charge in [0.2, 0.25) is 0 Å². The van der Waals surface area contributed by atoms with Crippen LogP contribution in [0.25, 0.3) is 0 Å². The van der Waals surface area contributed by atoms with E-state index in [1.807, 2.05) is 12.1 Å². The highest BCUT2D eigenvalue weighted by Crippen LogP contribution is 2.20. The highest BCUT2D eigenvalue weighted by molar-refractivity contribution is 5.41. The second-order valence-corrected chi connectivity index (χ2v) is 4.61. The number of benzene rings is 1. The van der Waals surface area contributed by atoms with E-state index in [-0.39, 0.29) is 0 Å². The van der Waals surface area contributed by atoms with Gasteiger partial charge in [0.1, 0.15) is 5.75 Å². The molecule has 0 fully saturated rings. The Kier molecular flexibility index (Phi) is 7.69. The van der Waals surface area contributed by atoms with Crippen LogP contribution in [0.2, 0.25) is 0 Å². The minimum Gasteiger partial charge on any atom is -0.496 e. The number of ether oxygens (including phenoxy) is 2. The third-order valence-corrected chi connectivity index (χ3v) is 3.06. The number of nitrogens with zero attached hydrogens (tertiary/aromatic N) is 1. The fourth-order valence-electron chi connectivity index (χ4n) is 1.95. The average Bonchev–Trinajstić information content (AvgIpc) is 2.46. The maximum Gasteiger partial charge on any atom is 0.124 e. The van der Waals surface area contributed by atoms with Gasteiger partial charge in [-0.2, -0.15) is 5.26 Å². The number of hydrogen-bond acceptors (Lipinski definition) is 3. The van der Waals surface area contributed by atoms with Crippen LogP contribution in [-0.4, -0.2) is 13.7 Å². The summed E-state index contributed by atoms with van der Waals surface area (Å²) >= 11 is 0. The summed E-state index contributed by atoms with van der Waals surface area (Å²) in [5.41, 5.74) is 1.58. The van der Waals surface area contributed by atoms with Gasteiger partial charge in [0, 0.05) is 12.2 Å². The van der Waals surface area contributed by atoms with Crippen molar-refractivity contribution in [2.24, 2.45) is 0 Å². The van der Waals surface area contributed by atoms with Crippen molar-refractivity contribution in [1.29, 1.82) is 5.26 Å². The summed E-state index contributed by atoms with van der Waals surface area (Å²) in [5, 5.41) is 8.89. The van der Waals surface area contributed by atoms with E-state index in [2.05, 4.69) is 13.0 Å². The molecule has 0 atom stereocenters. The molecule has 0 amide bonds. The first kappa shape index (κ1) is 15.5. The van der Waals surface area contributed by atoms with Gasteiger partial charge in [-0.3, -0.25) is 0 Å². The van der Waals surface area contributed by atoms with E-state index in [0.717, 1.165) is 24.3 Å². The maximum absolute atomic E-state index is 8.89. The first-order valence-corrected chi connectivity index (χ1v) is 6.96. The maximum atomic E-state index is 8.89. The van der Waals surface area contributed by atoms with Crippen molar-refractivity contribution < 1.29 is 9.47 Å². The summed E-state index contributed by atoms with van der Waals surface area (Å²) in [4.78, 5) is 0. The lowest BCUT2D eigenvalue weighted by atomic mass is 10.1. The number of nitriles is 1. The predicted molar refractivity (Wildman–Crippen MR) is 76.1 cm³/mol. The summed E-state index contributed by atoms with van der Waals surface area (Å²) < 4.78 is 10.9. The van der Waals surface area contributed by atoms with E-state index in [1.54, 1.807) is 13.2 Å². The molecule has 0 bridgehead atoms. The Hall–Kier alpha value is -1.53. The lowest BCUT2D eigenvalue weighted by Crippen LogP contribution is -1.99. The third kappa shape index (κ3) is 5.76. The second kappa shape index (κ2) is 9.41. The molecule has 0 radical (unpaired) electrons. The Morgan fingerprint density at radius 1 is 1.16 bits per heavy atom. The van der Waals surface area contributed by atoms with E-state index >= 15 is 0 Å². The van der Waals surface area contributed by atoms with Crippen LogP contribution in [0.3, 0.4) is 0 Å². The Balaban J connectivity index is 2.34. The lowest BCUT2D eigenvalue weighted by Gasteiger charge is -2.09. The Morgan fingerprint density at radius 2 is 1.95 bits per heavy atom. The lowest BCUT2D eigenvalue weighted by molar-refractivity contribution is 0.115. The van der Waals surface area contributed by atoms with Gasteiger partial charge in [0.25, 0.3) is 0 Å².